The zero-order valence-corrected chi connectivity index (χ0v) is 19.5. The maximum Gasteiger partial charge on any atom is 0.191 e. The Bertz CT molecular complexity index is 969. The average Bonchev–Trinajstić information content (AvgIpc) is 2.63. The van der Waals surface area contributed by atoms with Crippen molar-refractivity contribution in [2.75, 3.05) is 26.5 Å². The van der Waals surface area contributed by atoms with Crippen LogP contribution in [0.15, 0.2) is 46.3 Å². The minimum absolute atomic E-state index is 0. The fourth-order valence-corrected chi connectivity index (χ4v) is 3.51. The number of guanidine groups is 1. The highest BCUT2D eigenvalue weighted by Crippen LogP contribution is 2.17. The highest BCUT2D eigenvalue weighted by molar-refractivity contribution is 14.0. The van der Waals surface area contributed by atoms with Gasteiger partial charge in [-0.1, -0.05) is 12.1 Å². The highest BCUT2D eigenvalue weighted by Gasteiger charge is 2.11. The van der Waals surface area contributed by atoms with Gasteiger partial charge in [0, 0.05) is 25.9 Å². The summed E-state index contributed by atoms with van der Waals surface area (Å²) >= 11 is 0. The number of aryl methyl sites for hydroxylation is 1. The lowest BCUT2D eigenvalue weighted by atomic mass is 10.1. The summed E-state index contributed by atoms with van der Waals surface area (Å²) in [6.45, 7) is 2.83. The number of benzene rings is 2. The molecule has 0 amide bonds. The van der Waals surface area contributed by atoms with Crippen molar-refractivity contribution in [3.05, 3.63) is 59.2 Å². The fourth-order valence-electron chi connectivity index (χ4n) is 2.55. The van der Waals surface area contributed by atoms with Crippen LogP contribution in [0.2, 0.25) is 0 Å². The maximum atomic E-state index is 13.1. The van der Waals surface area contributed by atoms with Gasteiger partial charge in [-0.05, 0) is 36.2 Å². The van der Waals surface area contributed by atoms with Gasteiger partial charge in [-0.2, -0.15) is 0 Å². The molecule has 0 saturated heterocycles. The molecule has 0 unspecified atom stereocenters. The zero-order chi connectivity index (χ0) is 20.7. The third-order valence-electron chi connectivity index (χ3n) is 3.88. The van der Waals surface area contributed by atoms with Gasteiger partial charge < -0.3 is 15.4 Å². The molecule has 0 aliphatic carbocycles. The Morgan fingerprint density at radius 2 is 1.83 bits per heavy atom. The molecule has 2 aromatic rings. The maximum absolute atomic E-state index is 13.1. The van der Waals surface area contributed by atoms with Crippen molar-refractivity contribution in [2.45, 2.75) is 18.4 Å². The molecule has 0 bridgehead atoms. The Hall–Kier alpha value is -1.95. The van der Waals surface area contributed by atoms with Crippen LogP contribution in [0.3, 0.4) is 0 Å². The molecule has 0 radical (unpaired) electrons. The summed E-state index contributed by atoms with van der Waals surface area (Å²) < 4.78 is 54.7. The lowest BCUT2D eigenvalue weighted by Crippen LogP contribution is -2.38. The number of sulfone groups is 1. The Morgan fingerprint density at radius 3 is 2.41 bits per heavy atom. The van der Waals surface area contributed by atoms with Gasteiger partial charge >= 0.3 is 0 Å². The largest absolute Gasteiger partial charge is 0.492 e. The highest BCUT2D eigenvalue weighted by atomic mass is 127. The molecule has 2 rings (SSSR count). The molecule has 0 saturated carbocycles. The van der Waals surface area contributed by atoms with Crippen LogP contribution in [0.4, 0.5) is 8.78 Å². The lowest BCUT2D eigenvalue weighted by molar-refractivity contribution is 0.318. The molecule has 6 nitrogen and oxygen atoms in total. The van der Waals surface area contributed by atoms with E-state index in [2.05, 4.69) is 15.6 Å². The molecule has 10 heteroatoms. The normalized spacial score (nSPS) is 11.6. The van der Waals surface area contributed by atoms with Crippen molar-refractivity contribution in [3.63, 3.8) is 0 Å². The fraction of sp³-hybridized carbons (Fsp3) is 0.316. The predicted octanol–water partition coefficient (Wildman–Crippen LogP) is 3.04. The number of hydrogen-bond acceptors (Lipinski definition) is 4. The zero-order valence-electron chi connectivity index (χ0n) is 16.3. The van der Waals surface area contributed by atoms with E-state index >= 15 is 0 Å². The second-order valence-corrected chi connectivity index (χ2v) is 8.13. The van der Waals surface area contributed by atoms with Crippen LogP contribution in [0.25, 0.3) is 0 Å². The van der Waals surface area contributed by atoms with E-state index in [4.69, 9.17) is 4.74 Å². The molecule has 0 aromatic heterocycles. The number of nitrogens with zero attached hydrogens (tertiary/aromatic N) is 1. The topological polar surface area (TPSA) is 79.8 Å². The summed E-state index contributed by atoms with van der Waals surface area (Å²) in [5.41, 5.74) is 1.59. The lowest BCUT2D eigenvalue weighted by Gasteiger charge is -2.13. The van der Waals surface area contributed by atoms with Crippen LogP contribution in [0.1, 0.15) is 11.1 Å². The van der Waals surface area contributed by atoms with Crippen LogP contribution in [-0.2, 0) is 16.4 Å². The van der Waals surface area contributed by atoms with Gasteiger partial charge in [0.2, 0.25) is 0 Å². The van der Waals surface area contributed by atoms with Crippen LogP contribution in [-0.4, -0.2) is 40.8 Å². The molecular formula is C19H24F2IN3O3S. The summed E-state index contributed by atoms with van der Waals surface area (Å²) in [7, 11) is -1.63. The van der Waals surface area contributed by atoms with E-state index in [-0.39, 0.29) is 36.3 Å². The Morgan fingerprint density at radius 1 is 1.10 bits per heavy atom. The van der Waals surface area contributed by atoms with Gasteiger partial charge in [-0.3, -0.25) is 4.99 Å². The van der Waals surface area contributed by atoms with Gasteiger partial charge in [0.25, 0.3) is 0 Å². The van der Waals surface area contributed by atoms with Crippen molar-refractivity contribution in [1.82, 2.24) is 10.6 Å². The summed E-state index contributed by atoms with van der Waals surface area (Å²) in [4.78, 5) is 4.40. The van der Waals surface area contributed by atoms with Crippen molar-refractivity contribution in [1.29, 1.82) is 0 Å². The molecule has 0 spiro atoms. The number of hydrogen-bond donors (Lipinski definition) is 2. The van der Waals surface area contributed by atoms with E-state index in [1.54, 1.807) is 26.1 Å². The summed E-state index contributed by atoms with van der Waals surface area (Å²) in [6, 6.07) is 8.50. The van der Waals surface area contributed by atoms with Crippen LogP contribution < -0.4 is 15.4 Å². The van der Waals surface area contributed by atoms with Crippen LogP contribution in [0.5, 0.6) is 5.75 Å². The minimum atomic E-state index is -3.24. The molecule has 0 aliphatic rings. The molecule has 2 N–H and O–H groups in total. The van der Waals surface area contributed by atoms with Gasteiger partial charge in [0.15, 0.2) is 27.4 Å². The monoisotopic (exact) mass is 539 g/mol. The Labute approximate surface area is 186 Å². The Balaban J connectivity index is 0.00000420. The first-order chi connectivity index (χ1) is 13.2. The second kappa shape index (κ2) is 11.3. The summed E-state index contributed by atoms with van der Waals surface area (Å²) in [5.74, 6) is -1.11. The smallest absolute Gasteiger partial charge is 0.191 e. The third-order valence-corrected chi connectivity index (χ3v) is 5.13. The van der Waals surface area contributed by atoms with Crippen molar-refractivity contribution in [2.24, 2.45) is 4.99 Å². The molecule has 0 fully saturated rings. The minimum Gasteiger partial charge on any atom is -0.492 e. The second-order valence-electron chi connectivity index (χ2n) is 6.15. The number of nitrogens with one attached hydrogen (secondary N) is 2. The third kappa shape index (κ3) is 7.77. The molecular weight excluding hydrogens is 515 g/mol. The number of ether oxygens (including phenoxy) is 1. The van der Waals surface area contributed by atoms with Crippen molar-refractivity contribution >= 4 is 39.8 Å². The molecule has 29 heavy (non-hydrogen) atoms. The first kappa shape index (κ1) is 25.1. The van der Waals surface area contributed by atoms with Gasteiger partial charge in [-0.25, -0.2) is 17.2 Å². The van der Waals surface area contributed by atoms with E-state index in [9.17, 15) is 17.2 Å². The summed E-state index contributed by atoms with van der Waals surface area (Å²) in [6.07, 6.45) is 1.18. The van der Waals surface area contributed by atoms with Gasteiger partial charge in [0.1, 0.15) is 12.4 Å². The first-order valence-electron chi connectivity index (χ1n) is 8.52. The molecule has 0 atom stereocenters. The van der Waals surface area contributed by atoms with Crippen LogP contribution >= 0.6 is 24.0 Å². The van der Waals surface area contributed by atoms with E-state index in [1.165, 1.54) is 12.3 Å². The standard InChI is InChI=1S/C19H23F2N3O3S.HI/c1-13-10-14(4-7-18(13)28(3,25)26)12-24-19(22-2)23-8-9-27-15-5-6-16(20)17(21)11-15;/h4-7,10-11H,8-9,12H2,1-3H3,(H2,22,23,24);1H. The first-order valence-corrected chi connectivity index (χ1v) is 10.4. The Kier molecular flexibility index (Phi) is 9.77. The number of rotatable bonds is 7. The van der Waals surface area contributed by atoms with E-state index in [0.717, 1.165) is 17.7 Å². The molecule has 160 valence electrons. The average molecular weight is 539 g/mol. The van der Waals surface area contributed by atoms with E-state index in [0.29, 0.717) is 29.5 Å². The molecule has 2 aromatic carbocycles. The van der Waals surface area contributed by atoms with Gasteiger partial charge in [0.05, 0.1) is 11.4 Å². The van der Waals surface area contributed by atoms with E-state index in [1.807, 2.05) is 6.07 Å². The molecule has 0 heterocycles. The van der Waals surface area contributed by atoms with Crippen LogP contribution in [0, 0.1) is 18.6 Å². The van der Waals surface area contributed by atoms with Gasteiger partial charge in [-0.15, -0.1) is 24.0 Å². The molecule has 0 aliphatic heterocycles. The van der Waals surface area contributed by atoms with Crippen molar-refractivity contribution < 1.29 is 21.9 Å². The summed E-state index contributed by atoms with van der Waals surface area (Å²) in [5, 5.41) is 6.15. The predicted molar refractivity (Wildman–Crippen MR) is 120 cm³/mol. The number of aliphatic imine (C=N–C) groups is 1. The van der Waals surface area contributed by atoms with Crippen molar-refractivity contribution in [3.8, 4) is 5.75 Å². The SMILES string of the molecule is CN=C(NCCOc1ccc(F)c(F)c1)NCc1ccc(S(C)(=O)=O)c(C)c1.I. The quantitative estimate of drug-likeness (QED) is 0.245. The number of halogens is 3. The van der Waals surface area contributed by atoms with E-state index < -0.39 is 21.5 Å².